The lowest BCUT2D eigenvalue weighted by Crippen LogP contribution is -2.64. The van der Waals surface area contributed by atoms with Crippen molar-refractivity contribution in [2.45, 2.75) is 43.4 Å². The number of fused-ring (bicyclic) bond motifs is 4. The zero-order valence-electron chi connectivity index (χ0n) is 20.0. The summed E-state index contributed by atoms with van der Waals surface area (Å²) in [6.07, 6.45) is 5.52. The van der Waals surface area contributed by atoms with E-state index < -0.39 is 11.5 Å². The first-order valence-electron chi connectivity index (χ1n) is 12.2. The van der Waals surface area contributed by atoms with Gasteiger partial charge in [-0.3, -0.25) is 4.79 Å². The first-order chi connectivity index (χ1) is 17.8. The number of hydrogen-bond acceptors (Lipinski definition) is 7. The number of anilines is 3. The zero-order valence-corrected chi connectivity index (χ0v) is 20.7. The van der Waals surface area contributed by atoms with Crippen molar-refractivity contribution < 1.29 is 18.3 Å². The molecule has 4 fully saturated rings. The maximum absolute atomic E-state index is 15.1. The number of nitrogens with one attached hydrogen (secondary N) is 1. The Morgan fingerprint density at radius 3 is 2.76 bits per heavy atom. The van der Waals surface area contributed by atoms with Crippen LogP contribution in [0.3, 0.4) is 0 Å². The molecule has 1 saturated carbocycles. The van der Waals surface area contributed by atoms with Crippen molar-refractivity contribution in [1.29, 1.82) is 0 Å². The van der Waals surface area contributed by atoms with Gasteiger partial charge in [-0.05, 0) is 56.0 Å². The van der Waals surface area contributed by atoms with Gasteiger partial charge in [0, 0.05) is 25.2 Å². The number of benzene rings is 1. The van der Waals surface area contributed by atoms with Gasteiger partial charge in [0.1, 0.15) is 40.7 Å². The Hall–Kier alpha value is -3.53. The normalized spacial score (nSPS) is 21.7. The predicted molar refractivity (Wildman–Crippen MR) is 137 cm³/mol. The number of nitrogens with zero attached hydrogens (tertiary/aromatic N) is 5. The molecule has 192 valence electrons. The van der Waals surface area contributed by atoms with Crippen LogP contribution in [0, 0.1) is 5.82 Å². The fourth-order valence-electron chi connectivity index (χ4n) is 5.03. The second-order valence-electron chi connectivity index (χ2n) is 9.80. The summed E-state index contributed by atoms with van der Waals surface area (Å²) in [5.74, 6) is 0.376. The van der Waals surface area contributed by atoms with Crippen LogP contribution in [0.4, 0.5) is 26.1 Å². The number of hydrogen-bond donors (Lipinski definition) is 1. The van der Waals surface area contributed by atoms with E-state index in [1.165, 1.54) is 24.5 Å². The van der Waals surface area contributed by atoms with E-state index in [1.807, 2.05) is 17.0 Å². The largest absolute Gasteiger partial charge is 0.489 e. The number of amides is 1. The molecule has 1 aromatic carbocycles. The number of ether oxygens (including phenoxy) is 1. The predicted octanol–water partition coefficient (Wildman–Crippen LogP) is 4.81. The molecular weight excluding hydrogens is 502 g/mol. The second-order valence-corrected chi connectivity index (χ2v) is 10.2. The third kappa shape index (κ3) is 4.43. The molecule has 0 radical (unpaired) electrons. The summed E-state index contributed by atoms with van der Waals surface area (Å²) in [5.41, 5.74) is -0.185. The molecule has 2 bridgehead atoms. The quantitative estimate of drug-likeness (QED) is 0.442. The van der Waals surface area contributed by atoms with Crippen LogP contribution in [0.25, 0.3) is 11.0 Å². The smallest absolute Gasteiger partial charge is 0.246 e. The Morgan fingerprint density at radius 1 is 1.22 bits per heavy atom. The highest BCUT2D eigenvalue weighted by Gasteiger charge is 2.44. The number of halogens is 3. The van der Waals surface area contributed by atoms with Gasteiger partial charge in [0.05, 0.1) is 11.2 Å². The van der Waals surface area contributed by atoms with Crippen molar-refractivity contribution in [2.24, 2.45) is 0 Å². The van der Waals surface area contributed by atoms with Gasteiger partial charge >= 0.3 is 0 Å². The van der Waals surface area contributed by atoms with Crippen LogP contribution in [0.2, 0.25) is 5.02 Å². The van der Waals surface area contributed by atoms with Gasteiger partial charge < -0.3 is 19.9 Å². The molecule has 1 aliphatic carbocycles. The highest BCUT2D eigenvalue weighted by Crippen LogP contribution is 2.41. The summed E-state index contributed by atoms with van der Waals surface area (Å²) in [6.45, 7) is 4.75. The van der Waals surface area contributed by atoms with E-state index in [4.69, 9.17) is 21.3 Å². The van der Waals surface area contributed by atoms with E-state index in [9.17, 15) is 9.18 Å². The van der Waals surface area contributed by atoms with E-state index in [2.05, 4.69) is 26.8 Å². The van der Waals surface area contributed by atoms with E-state index >= 15 is 4.39 Å². The molecule has 8 nitrogen and oxygen atoms in total. The maximum Gasteiger partial charge on any atom is 0.246 e. The third-order valence-electron chi connectivity index (χ3n) is 7.33. The number of pyridine rings is 1. The summed E-state index contributed by atoms with van der Waals surface area (Å²) in [6, 6.07) is 6.97. The SMILES string of the molecule is C=CC(=O)N1C[C@@H]2CC[C@H]1CN2c1ccc2ncnc(Nc3ccc(OCC4(F)CC4)c(Cl)c3F)c2n1. The first-order valence-corrected chi connectivity index (χ1v) is 12.6. The molecular formula is C26H25ClF2N6O2. The lowest BCUT2D eigenvalue weighted by atomic mass is 9.90. The van der Waals surface area contributed by atoms with E-state index in [1.54, 1.807) is 0 Å². The van der Waals surface area contributed by atoms with E-state index in [-0.39, 0.29) is 41.1 Å². The number of alkyl halides is 1. The van der Waals surface area contributed by atoms with Crippen LogP contribution in [-0.4, -0.2) is 63.2 Å². The molecule has 4 aliphatic rings. The monoisotopic (exact) mass is 526 g/mol. The molecule has 7 rings (SSSR count). The van der Waals surface area contributed by atoms with Crippen molar-refractivity contribution in [3.8, 4) is 5.75 Å². The van der Waals surface area contributed by atoms with Gasteiger partial charge in [-0.25, -0.2) is 23.7 Å². The van der Waals surface area contributed by atoms with Gasteiger partial charge in [0.2, 0.25) is 5.91 Å². The van der Waals surface area contributed by atoms with Crippen molar-refractivity contribution in [1.82, 2.24) is 19.9 Å². The van der Waals surface area contributed by atoms with Gasteiger partial charge in [0.25, 0.3) is 0 Å². The van der Waals surface area contributed by atoms with Crippen molar-refractivity contribution in [2.75, 3.05) is 29.9 Å². The lowest BCUT2D eigenvalue weighted by molar-refractivity contribution is -0.131. The molecule has 11 heteroatoms. The number of carbonyl (C=O) groups is 1. The van der Waals surface area contributed by atoms with Crippen molar-refractivity contribution in [3.63, 3.8) is 0 Å². The van der Waals surface area contributed by atoms with Crippen LogP contribution in [0.1, 0.15) is 25.7 Å². The van der Waals surface area contributed by atoms with Crippen LogP contribution < -0.4 is 15.0 Å². The average molecular weight is 527 g/mol. The third-order valence-corrected chi connectivity index (χ3v) is 7.68. The topological polar surface area (TPSA) is 83.5 Å². The highest BCUT2D eigenvalue weighted by atomic mass is 35.5. The minimum absolute atomic E-state index is 0.0467. The number of piperazine rings is 1. The lowest BCUT2D eigenvalue weighted by Gasteiger charge is -2.51. The number of aromatic nitrogens is 3. The van der Waals surface area contributed by atoms with Crippen LogP contribution >= 0.6 is 11.6 Å². The zero-order chi connectivity index (χ0) is 25.7. The van der Waals surface area contributed by atoms with Gasteiger partial charge in [-0.1, -0.05) is 18.2 Å². The Morgan fingerprint density at radius 2 is 2.03 bits per heavy atom. The van der Waals surface area contributed by atoms with Gasteiger partial charge in [-0.15, -0.1) is 0 Å². The standard InChI is InChI=1S/C26H25ClF2N6O2/c1-2-21(36)35-12-15-3-4-16(35)11-34(15)20-8-6-18-24(33-20)25(31-14-30-18)32-17-5-7-19(22(27)23(17)28)37-13-26(29)9-10-26/h2,5-8,14-16H,1,3-4,9-13H2,(H,30,31,32)/t15-,16-/m0/s1. The minimum Gasteiger partial charge on any atom is -0.489 e. The van der Waals surface area contributed by atoms with Gasteiger partial charge in [0.15, 0.2) is 11.6 Å². The molecule has 0 spiro atoms. The fraction of sp³-hybridized carbons (Fsp3) is 0.385. The summed E-state index contributed by atoms with van der Waals surface area (Å²) in [4.78, 5) is 29.7. The molecule has 1 amide bonds. The highest BCUT2D eigenvalue weighted by molar-refractivity contribution is 6.32. The molecule has 0 unspecified atom stereocenters. The average Bonchev–Trinajstić information content (AvgIpc) is 3.67. The van der Waals surface area contributed by atoms with Crippen molar-refractivity contribution in [3.05, 3.63) is 54.1 Å². The Labute approximate surface area is 217 Å². The Kier molecular flexibility index (Phi) is 5.86. The number of carbonyl (C=O) groups excluding carboxylic acids is 1. The second kappa shape index (κ2) is 9.09. The Bertz CT molecular complexity index is 1400. The molecule has 5 heterocycles. The maximum atomic E-state index is 15.1. The van der Waals surface area contributed by atoms with Crippen LogP contribution in [0.15, 0.2) is 43.2 Å². The molecule has 3 aromatic rings. The molecule has 2 atom stereocenters. The molecule has 1 N–H and O–H groups in total. The minimum atomic E-state index is -1.34. The Balaban J connectivity index is 1.26. The fourth-order valence-corrected chi connectivity index (χ4v) is 5.25. The molecule has 37 heavy (non-hydrogen) atoms. The number of rotatable bonds is 7. The van der Waals surface area contributed by atoms with Gasteiger partial charge in [-0.2, -0.15) is 0 Å². The van der Waals surface area contributed by atoms with E-state index in [0.29, 0.717) is 42.8 Å². The molecule has 2 aromatic heterocycles. The summed E-state index contributed by atoms with van der Waals surface area (Å²) in [7, 11) is 0. The first kappa shape index (κ1) is 23.8. The summed E-state index contributed by atoms with van der Waals surface area (Å²) < 4.78 is 34.4. The van der Waals surface area contributed by atoms with Crippen molar-refractivity contribution >= 4 is 45.9 Å². The van der Waals surface area contributed by atoms with Crippen LogP contribution in [-0.2, 0) is 4.79 Å². The summed E-state index contributed by atoms with van der Waals surface area (Å²) >= 11 is 6.19. The van der Waals surface area contributed by atoms with E-state index in [0.717, 1.165) is 18.7 Å². The molecule has 3 saturated heterocycles. The number of piperidine rings is 2. The summed E-state index contributed by atoms with van der Waals surface area (Å²) in [5, 5.41) is 2.74. The molecule has 3 aliphatic heterocycles. The van der Waals surface area contributed by atoms with Crippen LogP contribution in [0.5, 0.6) is 5.75 Å².